The molecule has 0 spiro atoms. The van der Waals surface area contributed by atoms with Gasteiger partial charge in [-0.1, -0.05) is 48.0 Å². The van der Waals surface area contributed by atoms with Crippen molar-refractivity contribution in [2.24, 2.45) is 0 Å². The zero-order valence-corrected chi connectivity index (χ0v) is 42.2. The Balaban J connectivity index is 0.964. The number of amides is 2. The van der Waals surface area contributed by atoms with Gasteiger partial charge < -0.3 is 29.7 Å². The van der Waals surface area contributed by atoms with E-state index in [1.54, 1.807) is 40.9 Å². The molecule has 5 aromatic rings. The lowest BCUT2D eigenvalue weighted by Crippen LogP contribution is -2.50. The summed E-state index contributed by atoms with van der Waals surface area (Å²) in [7, 11) is -0.556. The Labute approximate surface area is 414 Å². The van der Waals surface area contributed by atoms with Crippen LogP contribution in [-0.4, -0.2) is 130 Å². The fourth-order valence-corrected chi connectivity index (χ4v) is 10.4. The van der Waals surface area contributed by atoms with E-state index < -0.39 is 37.0 Å². The number of halogens is 1. The quantitative estimate of drug-likeness (QED) is 0.0517. The van der Waals surface area contributed by atoms with E-state index in [2.05, 4.69) is 42.9 Å². The molecule has 2 amide bonds. The minimum absolute atomic E-state index is 0.134. The Bertz CT molecular complexity index is 2670. The first-order valence-electron chi connectivity index (χ1n) is 23.0. The molecular formula is C51H61ClN8O7S2. The normalized spacial score (nSPS) is 15.2. The summed E-state index contributed by atoms with van der Waals surface area (Å²) in [6.07, 6.45) is 0.405. The summed E-state index contributed by atoms with van der Waals surface area (Å²) in [6.45, 7) is 12.6. The molecule has 0 saturated carbocycles. The first-order chi connectivity index (χ1) is 32.9. The van der Waals surface area contributed by atoms with Crippen LogP contribution in [0, 0.1) is 10.1 Å². The number of benzene rings is 5. The highest BCUT2D eigenvalue weighted by Gasteiger charge is 2.28. The highest BCUT2D eigenvalue weighted by atomic mass is 35.5. The molecule has 366 valence electrons. The van der Waals surface area contributed by atoms with E-state index in [1.165, 1.54) is 17.7 Å². The second kappa shape index (κ2) is 22.7. The number of hydrogen-bond acceptors (Lipinski definition) is 13. The summed E-state index contributed by atoms with van der Waals surface area (Å²) in [5.74, 6) is -0.218. The van der Waals surface area contributed by atoms with Crippen LogP contribution in [-0.2, 0) is 21.3 Å². The molecule has 2 heterocycles. The highest BCUT2D eigenvalue weighted by Crippen LogP contribution is 2.33. The van der Waals surface area contributed by atoms with Crippen LogP contribution >= 0.6 is 23.4 Å². The molecular weight excluding hydrogens is 936 g/mol. The van der Waals surface area contributed by atoms with Gasteiger partial charge in [-0.25, -0.2) is 17.9 Å². The number of ether oxygens (including phenoxy) is 1. The maximum atomic E-state index is 13.5. The Morgan fingerprint density at radius 2 is 1.46 bits per heavy atom. The van der Waals surface area contributed by atoms with Gasteiger partial charge in [0, 0.05) is 104 Å². The van der Waals surface area contributed by atoms with E-state index in [1.807, 2.05) is 94.4 Å². The number of carbonyl (C=O) groups excluding carboxylic acids is 2. The molecule has 0 radical (unpaired) electrons. The van der Waals surface area contributed by atoms with E-state index in [0.29, 0.717) is 43.4 Å². The van der Waals surface area contributed by atoms with Gasteiger partial charge in [0.2, 0.25) is 0 Å². The van der Waals surface area contributed by atoms with Crippen molar-refractivity contribution in [3.05, 3.63) is 142 Å². The standard InChI is InChI=1S/C51H61ClN8O7S2/c1-51(2,3)67-50(62)59-31-29-58(30-32-59)43-19-21-46(37-11-15-40(52)16-12-37)39(33-43)35-56-25-27-57(28-26-56)42-17-13-38(14-18-42)49(61)54-69(65,66)45-20-22-47(48(34-45)60(63)64)53-41(23-24-55(4)5)36-68-44-9-7-6-8-10-44/h6-22,33-34,41,53H,23-32,35-36H2,1-5H3,(H,54,61). The van der Waals surface area contributed by atoms with Gasteiger partial charge in [-0.15, -0.1) is 11.8 Å². The topological polar surface area (TPSA) is 161 Å². The van der Waals surface area contributed by atoms with Crippen molar-refractivity contribution in [2.75, 3.05) is 93.9 Å². The van der Waals surface area contributed by atoms with Crippen molar-refractivity contribution in [1.82, 2.24) is 19.4 Å². The maximum absolute atomic E-state index is 13.5. The molecule has 69 heavy (non-hydrogen) atoms. The first-order valence-corrected chi connectivity index (χ1v) is 25.9. The number of nitrogens with zero attached hydrogens (tertiary/aromatic N) is 6. The second-order valence-electron chi connectivity index (χ2n) is 18.5. The number of hydrogen-bond donors (Lipinski definition) is 2. The van der Waals surface area contributed by atoms with E-state index in [0.717, 1.165) is 72.7 Å². The van der Waals surface area contributed by atoms with Crippen molar-refractivity contribution in [1.29, 1.82) is 0 Å². The van der Waals surface area contributed by atoms with E-state index in [4.69, 9.17) is 16.3 Å². The number of sulfonamides is 1. The first kappa shape index (κ1) is 51.0. The van der Waals surface area contributed by atoms with Gasteiger partial charge in [0.25, 0.3) is 21.6 Å². The molecule has 18 heteroatoms. The van der Waals surface area contributed by atoms with E-state index in [-0.39, 0.29) is 23.4 Å². The van der Waals surface area contributed by atoms with Crippen LogP contribution in [0.2, 0.25) is 5.02 Å². The van der Waals surface area contributed by atoms with Crippen molar-refractivity contribution in [2.45, 2.75) is 55.2 Å². The summed E-state index contributed by atoms with van der Waals surface area (Å²) in [5.41, 5.74) is 4.76. The summed E-state index contributed by atoms with van der Waals surface area (Å²) in [4.78, 5) is 49.2. The largest absolute Gasteiger partial charge is 0.444 e. The zero-order chi connectivity index (χ0) is 49.3. The smallest absolute Gasteiger partial charge is 0.410 e. The lowest BCUT2D eigenvalue weighted by atomic mass is 9.98. The zero-order valence-electron chi connectivity index (χ0n) is 39.8. The van der Waals surface area contributed by atoms with Gasteiger partial charge in [-0.05, 0) is 137 Å². The van der Waals surface area contributed by atoms with Crippen LogP contribution in [0.25, 0.3) is 11.1 Å². The third kappa shape index (κ3) is 14.1. The van der Waals surface area contributed by atoms with Crippen LogP contribution in [0.4, 0.5) is 27.5 Å². The Morgan fingerprint density at radius 3 is 2.10 bits per heavy atom. The van der Waals surface area contributed by atoms with Crippen LogP contribution < -0.4 is 19.8 Å². The van der Waals surface area contributed by atoms with Crippen LogP contribution in [0.5, 0.6) is 0 Å². The van der Waals surface area contributed by atoms with Crippen LogP contribution in [0.3, 0.4) is 0 Å². The minimum Gasteiger partial charge on any atom is -0.444 e. The summed E-state index contributed by atoms with van der Waals surface area (Å²) in [6, 6.07) is 34.6. The van der Waals surface area contributed by atoms with Gasteiger partial charge in [0.1, 0.15) is 11.3 Å². The van der Waals surface area contributed by atoms with Gasteiger partial charge in [0.05, 0.1) is 9.82 Å². The van der Waals surface area contributed by atoms with Gasteiger partial charge >= 0.3 is 6.09 Å². The lowest BCUT2D eigenvalue weighted by molar-refractivity contribution is -0.384. The van der Waals surface area contributed by atoms with Gasteiger partial charge in [0.15, 0.2) is 0 Å². The third-order valence-corrected chi connectivity index (χ3v) is 14.7. The van der Waals surface area contributed by atoms with Crippen molar-refractivity contribution in [3.8, 4) is 11.1 Å². The number of anilines is 3. The summed E-state index contributed by atoms with van der Waals surface area (Å²) < 4.78 is 34.7. The minimum atomic E-state index is -4.47. The SMILES string of the molecule is CN(C)CCC(CSc1ccccc1)Nc1ccc(S(=O)(=O)NC(=O)c2ccc(N3CCN(Cc4cc(N5CCN(C(=O)OC(C)(C)C)CC5)ccc4-c4ccc(Cl)cc4)CC3)cc2)cc1[N+](=O)[O-]. The molecule has 2 aliphatic rings. The third-order valence-electron chi connectivity index (χ3n) is 12.0. The average Bonchev–Trinajstić information content (AvgIpc) is 3.32. The molecule has 5 aromatic carbocycles. The Morgan fingerprint density at radius 1 is 0.826 bits per heavy atom. The van der Waals surface area contributed by atoms with Gasteiger partial charge in [-0.3, -0.25) is 19.8 Å². The number of nitro groups is 1. The monoisotopic (exact) mass is 996 g/mol. The molecule has 15 nitrogen and oxygen atoms in total. The molecule has 0 aliphatic carbocycles. The number of carbonyl (C=O) groups is 2. The summed E-state index contributed by atoms with van der Waals surface area (Å²) >= 11 is 7.89. The molecule has 2 aliphatic heterocycles. The predicted molar refractivity (Wildman–Crippen MR) is 276 cm³/mol. The molecule has 7 rings (SSSR count). The summed E-state index contributed by atoms with van der Waals surface area (Å²) in [5, 5.41) is 16.2. The number of piperazine rings is 2. The van der Waals surface area contributed by atoms with Crippen LogP contribution in [0.15, 0.2) is 125 Å². The predicted octanol–water partition coefficient (Wildman–Crippen LogP) is 8.94. The number of rotatable bonds is 17. The molecule has 0 bridgehead atoms. The molecule has 2 N–H and O–H groups in total. The lowest BCUT2D eigenvalue weighted by Gasteiger charge is -2.38. The van der Waals surface area contributed by atoms with Crippen molar-refractivity contribution >= 4 is 68.1 Å². The molecule has 2 fully saturated rings. The second-order valence-corrected chi connectivity index (χ2v) is 21.8. The highest BCUT2D eigenvalue weighted by molar-refractivity contribution is 7.99. The van der Waals surface area contributed by atoms with E-state index in [9.17, 15) is 28.1 Å². The van der Waals surface area contributed by atoms with Crippen LogP contribution in [0.1, 0.15) is 43.1 Å². The Kier molecular flexibility index (Phi) is 16.8. The molecule has 0 aromatic heterocycles. The molecule has 1 unspecified atom stereocenters. The fraction of sp³-hybridized carbons (Fsp3) is 0.373. The van der Waals surface area contributed by atoms with Crippen molar-refractivity contribution in [3.63, 3.8) is 0 Å². The average molecular weight is 998 g/mol. The number of thioether (sulfide) groups is 1. The molecule has 1 atom stereocenters. The van der Waals surface area contributed by atoms with Crippen molar-refractivity contribution < 1.29 is 27.7 Å². The number of nitrogens with one attached hydrogen (secondary N) is 2. The fourth-order valence-electron chi connectivity index (χ4n) is 8.26. The Hall–Kier alpha value is -5.85. The van der Waals surface area contributed by atoms with E-state index >= 15 is 0 Å². The van der Waals surface area contributed by atoms with Gasteiger partial charge in [-0.2, -0.15) is 0 Å². The molecule has 2 saturated heterocycles. The maximum Gasteiger partial charge on any atom is 0.410 e. The number of nitro benzene ring substituents is 1.